The Bertz CT molecular complexity index is 321. The molecule has 1 rings (SSSR count). The molecule has 4 heteroatoms. The quantitative estimate of drug-likeness (QED) is 0.634. The molecule has 3 nitrogen and oxygen atoms in total. The molecule has 82 valence electrons. The van der Waals surface area contributed by atoms with Gasteiger partial charge in [-0.15, -0.1) is 11.6 Å². The van der Waals surface area contributed by atoms with Crippen molar-refractivity contribution in [2.45, 2.75) is 18.7 Å². The summed E-state index contributed by atoms with van der Waals surface area (Å²) in [6.45, 7) is 2.07. The smallest absolute Gasteiger partial charge is 0.324 e. The third-order valence-corrected chi connectivity index (χ3v) is 2.23. The van der Waals surface area contributed by atoms with E-state index in [0.717, 1.165) is 5.56 Å². The number of carbonyl (C=O) groups excluding carboxylic acids is 1. The van der Waals surface area contributed by atoms with Gasteiger partial charge in [0.2, 0.25) is 0 Å². The molecule has 0 bridgehead atoms. The molecule has 0 fully saturated rings. The average Bonchev–Trinajstić information content (AvgIpc) is 2.22. The van der Waals surface area contributed by atoms with Crippen LogP contribution in [-0.4, -0.2) is 23.1 Å². The van der Waals surface area contributed by atoms with Gasteiger partial charge >= 0.3 is 5.97 Å². The van der Waals surface area contributed by atoms with Gasteiger partial charge in [0.1, 0.15) is 11.1 Å². The summed E-state index contributed by atoms with van der Waals surface area (Å²) in [6.07, 6.45) is 0.403. The predicted molar refractivity (Wildman–Crippen MR) is 58.1 cm³/mol. The molecule has 1 N–H and O–H groups in total. The lowest BCUT2D eigenvalue weighted by Crippen LogP contribution is -2.20. The second-order valence-electron chi connectivity index (χ2n) is 3.09. The van der Waals surface area contributed by atoms with E-state index in [1.165, 1.54) is 0 Å². The molecule has 15 heavy (non-hydrogen) atoms. The Labute approximate surface area is 93.6 Å². The first-order chi connectivity index (χ1) is 7.13. The highest BCUT2D eigenvalue weighted by Crippen LogP contribution is 2.14. The Morgan fingerprint density at radius 3 is 2.60 bits per heavy atom. The van der Waals surface area contributed by atoms with Gasteiger partial charge in [0.05, 0.1) is 6.61 Å². The van der Waals surface area contributed by atoms with Crippen molar-refractivity contribution in [1.82, 2.24) is 0 Å². The van der Waals surface area contributed by atoms with Crippen molar-refractivity contribution in [3.63, 3.8) is 0 Å². The molecule has 0 saturated carbocycles. The van der Waals surface area contributed by atoms with Crippen molar-refractivity contribution in [3.05, 3.63) is 29.8 Å². The van der Waals surface area contributed by atoms with Crippen LogP contribution in [0.3, 0.4) is 0 Å². The van der Waals surface area contributed by atoms with Gasteiger partial charge in [-0.05, 0) is 31.0 Å². The third kappa shape index (κ3) is 3.80. The maximum Gasteiger partial charge on any atom is 0.324 e. The van der Waals surface area contributed by atoms with E-state index in [-0.39, 0.29) is 5.75 Å². The molecule has 0 aliphatic heterocycles. The normalized spacial score (nSPS) is 12.1. The van der Waals surface area contributed by atoms with Crippen molar-refractivity contribution < 1.29 is 14.6 Å². The van der Waals surface area contributed by atoms with Gasteiger partial charge in [-0.2, -0.15) is 0 Å². The molecule has 0 spiro atoms. The first-order valence-electron chi connectivity index (χ1n) is 4.72. The van der Waals surface area contributed by atoms with Crippen LogP contribution in [0.2, 0.25) is 0 Å². The van der Waals surface area contributed by atoms with E-state index in [1.54, 1.807) is 31.2 Å². The maximum atomic E-state index is 11.2. The van der Waals surface area contributed by atoms with Crippen LogP contribution < -0.4 is 0 Å². The molecule has 0 radical (unpaired) electrons. The summed E-state index contributed by atoms with van der Waals surface area (Å²) in [5, 5.41) is 8.39. The Morgan fingerprint density at radius 2 is 2.07 bits per heavy atom. The summed E-state index contributed by atoms with van der Waals surface area (Å²) >= 11 is 5.85. The number of carbonyl (C=O) groups is 1. The van der Waals surface area contributed by atoms with Crippen LogP contribution in [0.5, 0.6) is 5.75 Å². The molecular weight excluding hydrogens is 216 g/mol. The Morgan fingerprint density at radius 1 is 1.47 bits per heavy atom. The minimum Gasteiger partial charge on any atom is -0.508 e. The molecule has 0 heterocycles. The number of hydrogen-bond acceptors (Lipinski definition) is 3. The van der Waals surface area contributed by atoms with Crippen LogP contribution in [0, 0.1) is 0 Å². The van der Waals surface area contributed by atoms with Crippen LogP contribution >= 0.6 is 11.6 Å². The zero-order valence-electron chi connectivity index (χ0n) is 8.44. The van der Waals surface area contributed by atoms with E-state index in [4.69, 9.17) is 21.4 Å². The predicted octanol–water partition coefficient (Wildman–Crippen LogP) is 2.11. The number of benzene rings is 1. The van der Waals surface area contributed by atoms with Crippen LogP contribution in [-0.2, 0) is 16.0 Å². The number of alkyl halides is 1. The largest absolute Gasteiger partial charge is 0.508 e. The lowest BCUT2D eigenvalue weighted by molar-refractivity contribution is -0.142. The number of phenolic OH excluding ortho intramolecular Hbond substituents is 1. The highest BCUT2D eigenvalue weighted by molar-refractivity contribution is 6.30. The van der Waals surface area contributed by atoms with Gasteiger partial charge in [0.15, 0.2) is 0 Å². The van der Waals surface area contributed by atoms with E-state index in [2.05, 4.69) is 0 Å². The fraction of sp³-hybridized carbons (Fsp3) is 0.364. The number of phenols is 1. The molecule has 0 aliphatic carbocycles. The SMILES string of the molecule is CCOC(=O)C(Cl)Cc1ccc(O)cc1. The van der Waals surface area contributed by atoms with Crippen LogP contribution in [0.1, 0.15) is 12.5 Å². The molecule has 0 aliphatic rings. The van der Waals surface area contributed by atoms with Gasteiger partial charge < -0.3 is 9.84 Å². The minimum absolute atomic E-state index is 0.195. The van der Waals surface area contributed by atoms with Gasteiger partial charge in [0, 0.05) is 0 Å². The van der Waals surface area contributed by atoms with Crippen LogP contribution in [0.15, 0.2) is 24.3 Å². The van der Waals surface area contributed by atoms with Gasteiger partial charge in [-0.3, -0.25) is 4.79 Å². The summed E-state index contributed by atoms with van der Waals surface area (Å²) in [7, 11) is 0. The van der Waals surface area contributed by atoms with E-state index in [9.17, 15) is 4.79 Å². The van der Waals surface area contributed by atoms with Crippen LogP contribution in [0.25, 0.3) is 0 Å². The van der Waals surface area contributed by atoms with E-state index in [0.29, 0.717) is 13.0 Å². The molecule has 0 amide bonds. The van der Waals surface area contributed by atoms with E-state index < -0.39 is 11.3 Å². The minimum atomic E-state index is -0.672. The number of halogens is 1. The van der Waals surface area contributed by atoms with Gasteiger partial charge in [-0.25, -0.2) is 0 Å². The Kier molecular flexibility index (Phi) is 4.43. The van der Waals surface area contributed by atoms with Crippen molar-refractivity contribution in [1.29, 1.82) is 0 Å². The lowest BCUT2D eigenvalue weighted by Gasteiger charge is -2.08. The first-order valence-corrected chi connectivity index (χ1v) is 5.15. The van der Waals surface area contributed by atoms with Gasteiger partial charge in [0.25, 0.3) is 0 Å². The topological polar surface area (TPSA) is 46.5 Å². The summed E-state index contributed by atoms with van der Waals surface area (Å²) in [6, 6.07) is 6.57. The summed E-state index contributed by atoms with van der Waals surface area (Å²) < 4.78 is 4.78. The van der Waals surface area contributed by atoms with Crippen molar-refractivity contribution in [3.8, 4) is 5.75 Å². The molecule has 0 saturated heterocycles. The molecular formula is C11H13ClO3. The molecule has 1 aromatic rings. The number of ether oxygens (including phenoxy) is 1. The van der Waals surface area contributed by atoms with Crippen molar-refractivity contribution in [2.24, 2.45) is 0 Å². The summed E-state index contributed by atoms with van der Waals surface area (Å²) in [5.74, 6) is -0.215. The number of rotatable bonds is 4. The van der Waals surface area contributed by atoms with E-state index >= 15 is 0 Å². The average molecular weight is 229 g/mol. The number of aromatic hydroxyl groups is 1. The second kappa shape index (κ2) is 5.61. The number of hydrogen-bond donors (Lipinski definition) is 1. The zero-order valence-corrected chi connectivity index (χ0v) is 9.20. The zero-order chi connectivity index (χ0) is 11.3. The Hall–Kier alpha value is -1.22. The molecule has 1 aromatic carbocycles. The molecule has 1 atom stereocenters. The van der Waals surface area contributed by atoms with Crippen molar-refractivity contribution in [2.75, 3.05) is 6.61 Å². The fourth-order valence-electron chi connectivity index (χ4n) is 1.15. The number of esters is 1. The summed E-state index contributed by atoms with van der Waals surface area (Å²) in [4.78, 5) is 11.2. The molecule has 0 aromatic heterocycles. The maximum absolute atomic E-state index is 11.2. The van der Waals surface area contributed by atoms with Crippen molar-refractivity contribution >= 4 is 17.6 Å². The third-order valence-electron chi connectivity index (χ3n) is 1.89. The highest BCUT2D eigenvalue weighted by Gasteiger charge is 2.16. The first kappa shape index (κ1) is 11.9. The highest BCUT2D eigenvalue weighted by atomic mass is 35.5. The molecule has 1 unspecified atom stereocenters. The summed E-state index contributed by atoms with van der Waals surface area (Å²) in [5.41, 5.74) is 0.890. The van der Waals surface area contributed by atoms with E-state index in [1.807, 2.05) is 0 Å². The fourth-order valence-corrected chi connectivity index (χ4v) is 1.40. The Balaban J connectivity index is 2.54. The second-order valence-corrected chi connectivity index (χ2v) is 3.62. The lowest BCUT2D eigenvalue weighted by atomic mass is 10.1. The standard InChI is InChI=1S/C11H13ClO3/c1-2-15-11(14)10(12)7-8-3-5-9(13)6-4-8/h3-6,10,13H,2,7H2,1H3. The van der Waals surface area contributed by atoms with Gasteiger partial charge in [-0.1, -0.05) is 12.1 Å². The van der Waals surface area contributed by atoms with Crippen LogP contribution in [0.4, 0.5) is 0 Å². The monoisotopic (exact) mass is 228 g/mol.